The predicted molar refractivity (Wildman–Crippen MR) is 113 cm³/mol. The maximum Gasteiger partial charge on any atom is 0.326 e. The average Bonchev–Trinajstić information content (AvgIpc) is 2.62. The van der Waals surface area contributed by atoms with Crippen LogP contribution >= 0.6 is 11.8 Å². The van der Waals surface area contributed by atoms with Gasteiger partial charge >= 0.3 is 11.9 Å². The summed E-state index contributed by atoms with van der Waals surface area (Å²) >= 11 is 1.07. The second-order valence-corrected chi connectivity index (χ2v) is 8.83. The van der Waals surface area contributed by atoms with Gasteiger partial charge in [-0.3, -0.25) is 19.2 Å². The fraction of sp³-hybridized carbons (Fsp3) is 0.524. The molecule has 0 aliphatic carbocycles. The highest BCUT2D eigenvalue weighted by Crippen LogP contribution is 2.21. The van der Waals surface area contributed by atoms with Gasteiger partial charge in [-0.25, -0.2) is 0 Å². The lowest BCUT2D eigenvalue weighted by Crippen LogP contribution is -2.42. The largest absolute Gasteiger partial charge is 0.469 e. The molecule has 1 atom stereocenters. The molecular weight excluding hydrogens is 394 g/mol. The van der Waals surface area contributed by atoms with E-state index < -0.39 is 17.5 Å². The van der Waals surface area contributed by atoms with E-state index in [4.69, 9.17) is 4.74 Å². The maximum absolute atomic E-state index is 13.0. The molecule has 0 saturated heterocycles. The number of nitrogens with zero attached hydrogens (tertiary/aromatic N) is 1. The van der Waals surface area contributed by atoms with Crippen molar-refractivity contribution in [1.82, 2.24) is 0 Å². The Kier molecular flexibility index (Phi) is 9.36. The summed E-state index contributed by atoms with van der Waals surface area (Å²) in [6, 6.07) is 6.75. The number of amides is 1. The van der Waals surface area contributed by atoms with Crippen LogP contribution in [0.5, 0.6) is 0 Å². The molecule has 0 aliphatic heterocycles. The molecule has 0 saturated carbocycles. The molecule has 0 fully saturated rings. The van der Waals surface area contributed by atoms with Crippen LogP contribution in [-0.2, 0) is 35.1 Å². The van der Waals surface area contributed by atoms with E-state index in [-0.39, 0.29) is 30.0 Å². The van der Waals surface area contributed by atoms with Crippen LogP contribution in [-0.4, -0.2) is 48.0 Å². The molecule has 0 aromatic heterocycles. The van der Waals surface area contributed by atoms with Crippen molar-refractivity contribution in [2.75, 3.05) is 24.3 Å². The van der Waals surface area contributed by atoms with Gasteiger partial charge in [-0.05, 0) is 38.5 Å². The molecule has 1 aromatic rings. The Bertz CT molecular complexity index is 739. The third kappa shape index (κ3) is 9.13. The number of methoxy groups -OCH3 is 1. The van der Waals surface area contributed by atoms with Gasteiger partial charge in [0.15, 0.2) is 5.12 Å². The molecule has 1 unspecified atom stereocenters. The molecule has 0 spiro atoms. The Hall–Kier alpha value is -2.35. The SMILES string of the molecule is COC(=O)Cc1ccc(N(CC(=O)OC(C)(C)C)C(=O)C(C)CSC(C)=O)cc1. The van der Waals surface area contributed by atoms with E-state index >= 15 is 0 Å². The summed E-state index contributed by atoms with van der Waals surface area (Å²) in [5.41, 5.74) is 0.561. The van der Waals surface area contributed by atoms with Crippen molar-refractivity contribution >= 4 is 40.4 Å². The van der Waals surface area contributed by atoms with Crippen LogP contribution < -0.4 is 4.90 Å². The van der Waals surface area contributed by atoms with Gasteiger partial charge in [-0.15, -0.1) is 0 Å². The summed E-state index contributed by atoms with van der Waals surface area (Å²) in [5.74, 6) is -1.34. The van der Waals surface area contributed by atoms with Crippen LogP contribution in [0.25, 0.3) is 0 Å². The zero-order valence-corrected chi connectivity index (χ0v) is 18.6. The number of anilines is 1. The minimum Gasteiger partial charge on any atom is -0.469 e. The Morgan fingerprint density at radius 2 is 1.66 bits per heavy atom. The first-order valence-electron chi connectivity index (χ1n) is 9.25. The fourth-order valence-electron chi connectivity index (χ4n) is 2.41. The molecule has 0 aliphatic rings. The van der Waals surface area contributed by atoms with Gasteiger partial charge < -0.3 is 14.4 Å². The van der Waals surface area contributed by atoms with Gasteiger partial charge in [-0.1, -0.05) is 30.8 Å². The Morgan fingerprint density at radius 1 is 1.07 bits per heavy atom. The minimum atomic E-state index is -0.674. The van der Waals surface area contributed by atoms with E-state index in [0.717, 1.165) is 17.3 Å². The second-order valence-electron chi connectivity index (χ2n) is 7.63. The van der Waals surface area contributed by atoms with E-state index in [0.29, 0.717) is 11.4 Å². The molecule has 8 heteroatoms. The van der Waals surface area contributed by atoms with Crippen molar-refractivity contribution in [2.45, 2.75) is 46.6 Å². The first kappa shape index (κ1) is 24.7. The number of rotatable bonds is 8. The topological polar surface area (TPSA) is 90.0 Å². The fourth-order valence-corrected chi connectivity index (χ4v) is 3.04. The van der Waals surface area contributed by atoms with Crippen molar-refractivity contribution in [1.29, 1.82) is 0 Å². The monoisotopic (exact) mass is 423 g/mol. The van der Waals surface area contributed by atoms with Gasteiger partial charge in [0.25, 0.3) is 0 Å². The second kappa shape index (κ2) is 11.0. The van der Waals surface area contributed by atoms with Gasteiger partial charge in [0.05, 0.1) is 13.5 Å². The van der Waals surface area contributed by atoms with E-state index in [9.17, 15) is 19.2 Å². The van der Waals surface area contributed by atoms with Crippen LogP contribution in [0.1, 0.15) is 40.2 Å². The summed E-state index contributed by atoms with van der Waals surface area (Å²) in [7, 11) is 1.32. The molecule has 160 valence electrons. The predicted octanol–water partition coefficient (Wildman–Crippen LogP) is 2.99. The molecule has 7 nitrogen and oxygen atoms in total. The molecule has 1 amide bonds. The van der Waals surface area contributed by atoms with Crippen LogP contribution in [0.3, 0.4) is 0 Å². The van der Waals surface area contributed by atoms with Crippen molar-refractivity contribution in [3.63, 3.8) is 0 Å². The molecule has 0 radical (unpaired) electrons. The zero-order valence-electron chi connectivity index (χ0n) is 17.8. The number of carbonyl (C=O) groups excluding carboxylic acids is 4. The van der Waals surface area contributed by atoms with Crippen molar-refractivity contribution < 1.29 is 28.7 Å². The van der Waals surface area contributed by atoms with Crippen molar-refractivity contribution in [3.8, 4) is 0 Å². The molecule has 0 bridgehead atoms. The van der Waals surface area contributed by atoms with Crippen LogP contribution in [0.15, 0.2) is 24.3 Å². The first-order chi connectivity index (χ1) is 13.4. The standard InChI is InChI=1S/C21H29NO6S/c1-14(13-29-15(2)23)20(26)22(12-19(25)28-21(3,4)5)17-9-7-16(8-10-17)11-18(24)27-6/h7-10,14H,11-13H2,1-6H3. The summed E-state index contributed by atoms with van der Waals surface area (Å²) in [6.07, 6.45) is 0.114. The summed E-state index contributed by atoms with van der Waals surface area (Å²) < 4.78 is 10.0. The summed E-state index contributed by atoms with van der Waals surface area (Å²) in [4.78, 5) is 49.3. The Morgan fingerprint density at radius 3 is 2.14 bits per heavy atom. The highest BCUT2D eigenvalue weighted by molar-refractivity contribution is 8.13. The smallest absolute Gasteiger partial charge is 0.326 e. The lowest BCUT2D eigenvalue weighted by molar-refractivity contribution is -0.153. The molecule has 0 heterocycles. The first-order valence-corrected chi connectivity index (χ1v) is 10.2. The number of ether oxygens (including phenoxy) is 2. The van der Waals surface area contributed by atoms with Gasteiger partial charge in [0, 0.05) is 24.3 Å². The average molecular weight is 424 g/mol. The van der Waals surface area contributed by atoms with E-state index in [1.165, 1.54) is 18.9 Å². The highest BCUT2D eigenvalue weighted by Gasteiger charge is 2.27. The molecule has 29 heavy (non-hydrogen) atoms. The lowest BCUT2D eigenvalue weighted by atomic mass is 10.1. The highest BCUT2D eigenvalue weighted by atomic mass is 32.2. The summed E-state index contributed by atoms with van der Waals surface area (Å²) in [5, 5.41) is -0.0736. The van der Waals surface area contributed by atoms with Gasteiger partial charge in [0.2, 0.25) is 5.91 Å². The van der Waals surface area contributed by atoms with E-state index in [1.54, 1.807) is 52.0 Å². The third-order valence-corrected chi connectivity index (χ3v) is 4.83. The number of hydrogen-bond donors (Lipinski definition) is 0. The Labute approximate surface area is 176 Å². The van der Waals surface area contributed by atoms with E-state index in [1.807, 2.05) is 0 Å². The third-order valence-electron chi connectivity index (χ3n) is 3.76. The van der Waals surface area contributed by atoms with Crippen LogP contribution in [0.2, 0.25) is 0 Å². The number of carbonyl (C=O) groups is 4. The normalized spacial score (nSPS) is 12.1. The van der Waals surface area contributed by atoms with Crippen molar-refractivity contribution in [2.24, 2.45) is 5.92 Å². The quantitative estimate of drug-likeness (QED) is 0.594. The van der Waals surface area contributed by atoms with Crippen LogP contribution in [0.4, 0.5) is 5.69 Å². The molecule has 1 aromatic carbocycles. The van der Waals surface area contributed by atoms with Crippen molar-refractivity contribution in [3.05, 3.63) is 29.8 Å². The van der Waals surface area contributed by atoms with E-state index in [2.05, 4.69) is 4.74 Å². The number of esters is 2. The number of benzene rings is 1. The number of hydrogen-bond acceptors (Lipinski definition) is 7. The Balaban J connectivity index is 3.05. The lowest BCUT2D eigenvalue weighted by Gasteiger charge is -2.27. The molecule has 0 N–H and O–H groups in total. The van der Waals surface area contributed by atoms with Gasteiger partial charge in [-0.2, -0.15) is 0 Å². The minimum absolute atomic E-state index is 0.0736. The maximum atomic E-state index is 13.0. The summed E-state index contributed by atoms with van der Waals surface area (Å²) in [6.45, 7) is 8.17. The van der Waals surface area contributed by atoms with Gasteiger partial charge in [0.1, 0.15) is 12.1 Å². The van der Waals surface area contributed by atoms with Crippen LogP contribution in [0, 0.1) is 5.92 Å². The zero-order chi connectivity index (χ0) is 22.2. The molecule has 1 rings (SSSR count). The number of thioether (sulfide) groups is 1. The molecular formula is C21H29NO6S.